The predicted octanol–water partition coefficient (Wildman–Crippen LogP) is 1.71. The minimum absolute atomic E-state index is 0.0853. The van der Waals surface area contributed by atoms with Crippen LogP contribution in [-0.4, -0.2) is 16.3 Å². The van der Waals surface area contributed by atoms with Gasteiger partial charge in [0.2, 0.25) is 0 Å². The Morgan fingerprint density at radius 3 is 3.08 bits per heavy atom. The molecule has 0 N–H and O–H groups in total. The van der Waals surface area contributed by atoms with Gasteiger partial charge in [0.05, 0.1) is 0 Å². The van der Waals surface area contributed by atoms with Crippen molar-refractivity contribution in [2.45, 2.75) is 19.5 Å². The highest BCUT2D eigenvalue weighted by Crippen LogP contribution is 2.15. The molecule has 1 rings (SSSR count). The molecule has 64 valence electrons. The summed E-state index contributed by atoms with van der Waals surface area (Å²) in [5.41, 5.74) is 0.219. The zero-order valence-electron chi connectivity index (χ0n) is 6.70. The fourth-order valence-corrected chi connectivity index (χ4v) is 0.788. The lowest BCUT2D eigenvalue weighted by Gasteiger charge is -2.02. The van der Waals surface area contributed by atoms with Crippen LogP contribution in [0.25, 0.3) is 0 Å². The van der Waals surface area contributed by atoms with E-state index >= 15 is 0 Å². The lowest BCUT2D eigenvalue weighted by molar-refractivity contribution is 0.111. The van der Waals surface area contributed by atoms with Crippen molar-refractivity contribution in [3.05, 3.63) is 23.8 Å². The van der Waals surface area contributed by atoms with Crippen LogP contribution >= 0.6 is 0 Å². The average Bonchev–Trinajstić information content (AvgIpc) is 2.17. The Bertz CT molecular complexity index is 278. The Morgan fingerprint density at radius 2 is 2.50 bits per heavy atom. The first-order valence-corrected chi connectivity index (χ1v) is 3.70. The second-order valence-electron chi connectivity index (χ2n) is 2.33. The number of carbonyl (C=O) groups excluding carboxylic acids is 1. The SMILES string of the molecule is CCC(F)c1nccc(C=O)n1. The summed E-state index contributed by atoms with van der Waals surface area (Å²) in [6.45, 7) is 1.70. The first-order chi connectivity index (χ1) is 5.77. The minimum atomic E-state index is -1.18. The maximum Gasteiger partial charge on any atom is 0.168 e. The lowest BCUT2D eigenvalue weighted by atomic mass is 10.3. The smallest absolute Gasteiger partial charge is 0.168 e. The monoisotopic (exact) mass is 168 g/mol. The van der Waals surface area contributed by atoms with Crippen molar-refractivity contribution in [2.24, 2.45) is 0 Å². The molecule has 1 aromatic heterocycles. The average molecular weight is 168 g/mol. The summed E-state index contributed by atoms with van der Waals surface area (Å²) < 4.78 is 12.9. The van der Waals surface area contributed by atoms with Gasteiger partial charge in [-0.3, -0.25) is 4.79 Å². The van der Waals surface area contributed by atoms with Gasteiger partial charge >= 0.3 is 0 Å². The van der Waals surface area contributed by atoms with Crippen molar-refractivity contribution in [3.63, 3.8) is 0 Å². The van der Waals surface area contributed by atoms with Crippen LogP contribution in [0.4, 0.5) is 4.39 Å². The van der Waals surface area contributed by atoms with Gasteiger partial charge in [-0.2, -0.15) is 0 Å². The molecule has 1 unspecified atom stereocenters. The highest BCUT2D eigenvalue weighted by atomic mass is 19.1. The highest BCUT2D eigenvalue weighted by molar-refractivity contribution is 5.71. The number of aromatic nitrogens is 2. The normalized spacial score (nSPS) is 12.5. The van der Waals surface area contributed by atoms with Gasteiger partial charge in [0.1, 0.15) is 5.69 Å². The lowest BCUT2D eigenvalue weighted by Crippen LogP contribution is -2.00. The van der Waals surface area contributed by atoms with E-state index in [9.17, 15) is 9.18 Å². The van der Waals surface area contributed by atoms with Gasteiger partial charge in [0.15, 0.2) is 18.3 Å². The summed E-state index contributed by atoms with van der Waals surface area (Å²) in [6, 6.07) is 1.44. The number of halogens is 1. The molecule has 0 aliphatic carbocycles. The zero-order chi connectivity index (χ0) is 8.97. The third kappa shape index (κ3) is 1.84. The summed E-state index contributed by atoms with van der Waals surface area (Å²) in [5.74, 6) is 0.0853. The molecule has 3 nitrogen and oxygen atoms in total. The number of rotatable bonds is 3. The number of carbonyl (C=O) groups is 1. The van der Waals surface area contributed by atoms with Gasteiger partial charge < -0.3 is 0 Å². The molecule has 12 heavy (non-hydrogen) atoms. The van der Waals surface area contributed by atoms with E-state index in [1.54, 1.807) is 6.92 Å². The molecule has 4 heteroatoms. The van der Waals surface area contributed by atoms with Gasteiger partial charge in [-0.1, -0.05) is 6.92 Å². The first-order valence-electron chi connectivity index (χ1n) is 3.70. The van der Waals surface area contributed by atoms with E-state index in [1.165, 1.54) is 12.3 Å². The van der Waals surface area contributed by atoms with Gasteiger partial charge in [-0.25, -0.2) is 14.4 Å². The van der Waals surface area contributed by atoms with E-state index in [-0.39, 0.29) is 11.5 Å². The standard InChI is InChI=1S/C8H9FN2O/c1-2-7(9)8-10-4-3-6(5-12)11-8/h3-5,7H,2H2,1H3. The summed E-state index contributed by atoms with van der Waals surface area (Å²) in [5, 5.41) is 0. The third-order valence-electron chi connectivity index (χ3n) is 1.46. The van der Waals surface area contributed by atoms with Crippen LogP contribution in [0.1, 0.15) is 35.8 Å². The van der Waals surface area contributed by atoms with Crippen LogP contribution in [0.5, 0.6) is 0 Å². The largest absolute Gasteiger partial charge is 0.296 e. The maximum absolute atomic E-state index is 12.9. The summed E-state index contributed by atoms with van der Waals surface area (Å²) in [7, 11) is 0. The van der Waals surface area contributed by atoms with E-state index in [2.05, 4.69) is 9.97 Å². The topological polar surface area (TPSA) is 42.9 Å². The van der Waals surface area contributed by atoms with Crippen molar-refractivity contribution in [1.82, 2.24) is 9.97 Å². The Kier molecular flexibility index (Phi) is 2.85. The molecule has 0 saturated carbocycles. The number of alkyl halides is 1. The second-order valence-corrected chi connectivity index (χ2v) is 2.33. The van der Waals surface area contributed by atoms with Gasteiger partial charge in [-0.05, 0) is 12.5 Å². The molecule has 0 radical (unpaired) electrons. The number of hydrogen-bond donors (Lipinski definition) is 0. The molecule has 0 fully saturated rings. The van der Waals surface area contributed by atoms with Crippen LogP contribution < -0.4 is 0 Å². The van der Waals surface area contributed by atoms with Gasteiger partial charge in [0.25, 0.3) is 0 Å². The van der Waals surface area contributed by atoms with E-state index in [0.717, 1.165) is 0 Å². The van der Waals surface area contributed by atoms with Crippen molar-refractivity contribution in [3.8, 4) is 0 Å². The highest BCUT2D eigenvalue weighted by Gasteiger charge is 2.09. The van der Waals surface area contributed by atoms with Crippen molar-refractivity contribution in [2.75, 3.05) is 0 Å². The van der Waals surface area contributed by atoms with E-state index < -0.39 is 6.17 Å². The Labute approximate surface area is 69.7 Å². The molecule has 0 aromatic carbocycles. The molecule has 1 heterocycles. The van der Waals surface area contributed by atoms with Gasteiger partial charge in [0, 0.05) is 6.20 Å². The van der Waals surface area contributed by atoms with Crippen LogP contribution in [0.3, 0.4) is 0 Å². The number of nitrogens with zero attached hydrogens (tertiary/aromatic N) is 2. The predicted molar refractivity (Wildman–Crippen MR) is 41.6 cm³/mol. The van der Waals surface area contributed by atoms with Gasteiger partial charge in [-0.15, -0.1) is 0 Å². The summed E-state index contributed by atoms with van der Waals surface area (Å²) >= 11 is 0. The second kappa shape index (κ2) is 3.90. The molecular formula is C8H9FN2O. The van der Waals surface area contributed by atoms with Crippen molar-refractivity contribution in [1.29, 1.82) is 0 Å². The van der Waals surface area contributed by atoms with Crippen LogP contribution in [0.2, 0.25) is 0 Å². The van der Waals surface area contributed by atoms with Crippen molar-refractivity contribution < 1.29 is 9.18 Å². The molecule has 0 aliphatic rings. The van der Waals surface area contributed by atoms with Crippen LogP contribution in [0, 0.1) is 0 Å². The maximum atomic E-state index is 12.9. The molecule has 0 saturated heterocycles. The van der Waals surface area contributed by atoms with E-state index in [4.69, 9.17) is 0 Å². The molecule has 0 amide bonds. The number of aldehydes is 1. The Balaban J connectivity index is 2.93. The fourth-order valence-electron chi connectivity index (χ4n) is 0.788. The summed E-state index contributed by atoms with van der Waals surface area (Å²) in [6.07, 6.45) is 1.11. The number of hydrogen-bond acceptors (Lipinski definition) is 3. The third-order valence-corrected chi connectivity index (χ3v) is 1.46. The zero-order valence-corrected chi connectivity index (χ0v) is 6.70. The van der Waals surface area contributed by atoms with E-state index in [1.807, 2.05) is 0 Å². The van der Waals surface area contributed by atoms with E-state index in [0.29, 0.717) is 12.7 Å². The Morgan fingerprint density at radius 1 is 1.75 bits per heavy atom. The summed E-state index contributed by atoms with van der Waals surface area (Å²) in [4.78, 5) is 17.7. The molecular weight excluding hydrogens is 159 g/mol. The van der Waals surface area contributed by atoms with Crippen molar-refractivity contribution >= 4 is 6.29 Å². The Hall–Kier alpha value is -1.32. The van der Waals surface area contributed by atoms with Crippen LogP contribution in [0.15, 0.2) is 12.3 Å². The fraction of sp³-hybridized carbons (Fsp3) is 0.375. The first kappa shape index (κ1) is 8.77. The molecule has 0 aliphatic heterocycles. The molecule has 0 spiro atoms. The molecule has 1 aromatic rings. The minimum Gasteiger partial charge on any atom is -0.296 e. The van der Waals surface area contributed by atoms with Crippen LogP contribution in [-0.2, 0) is 0 Å². The quantitative estimate of drug-likeness (QED) is 0.645. The molecule has 1 atom stereocenters. The molecule has 0 bridgehead atoms.